The first-order chi connectivity index (χ1) is 6.14. The van der Waals surface area contributed by atoms with E-state index in [1.54, 1.807) is 11.8 Å². The van der Waals surface area contributed by atoms with E-state index in [2.05, 4.69) is 0 Å². The molecule has 0 aliphatic rings. The van der Waals surface area contributed by atoms with Crippen molar-refractivity contribution in [2.75, 3.05) is 39.5 Å². The Morgan fingerprint density at radius 1 is 0.923 bits per heavy atom. The number of hydrogen-bond donors (Lipinski definition) is 4. The molecule has 0 fully saturated rings. The Morgan fingerprint density at radius 3 is 1.54 bits per heavy atom. The van der Waals surface area contributed by atoms with Crippen LogP contribution in [-0.2, 0) is 0 Å². The van der Waals surface area contributed by atoms with E-state index in [9.17, 15) is 0 Å². The van der Waals surface area contributed by atoms with Gasteiger partial charge in [0.2, 0.25) is 0 Å². The molecule has 0 saturated carbocycles. The van der Waals surface area contributed by atoms with Crippen molar-refractivity contribution in [1.82, 2.24) is 4.90 Å². The Morgan fingerprint density at radius 2 is 1.31 bits per heavy atom. The highest BCUT2D eigenvalue weighted by molar-refractivity contribution is 4.84. The molecule has 5 nitrogen and oxygen atoms in total. The summed E-state index contributed by atoms with van der Waals surface area (Å²) in [5, 5.41) is 35.6. The topological polar surface area (TPSA) is 84.2 Å². The van der Waals surface area contributed by atoms with Crippen LogP contribution in [0.1, 0.15) is 6.92 Å². The maximum absolute atomic E-state index is 9.04. The third kappa shape index (κ3) is 3.58. The zero-order valence-corrected chi connectivity index (χ0v) is 7.98. The van der Waals surface area contributed by atoms with Gasteiger partial charge in [0.25, 0.3) is 0 Å². The minimum Gasteiger partial charge on any atom is -0.395 e. The number of aliphatic hydroxyl groups excluding tert-OH is 4. The van der Waals surface area contributed by atoms with Gasteiger partial charge in [-0.3, -0.25) is 4.90 Å². The summed E-state index contributed by atoms with van der Waals surface area (Å²) < 4.78 is 0. The van der Waals surface area contributed by atoms with Crippen LogP contribution in [0.25, 0.3) is 0 Å². The van der Waals surface area contributed by atoms with Gasteiger partial charge in [0.1, 0.15) is 0 Å². The molecule has 0 aliphatic heterocycles. The van der Waals surface area contributed by atoms with E-state index in [-0.39, 0.29) is 26.4 Å². The molecule has 80 valence electrons. The van der Waals surface area contributed by atoms with Gasteiger partial charge in [-0.15, -0.1) is 0 Å². The van der Waals surface area contributed by atoms with Crippen LogP contribution >= 0.6 is 0 Å². The average Bonchev–Trinajstić information content (AvgIpc) is 2.16. The molecule has 0 aromatic heterocycles. The van der Waals surface area contributed by atoms with Crippen molar-refractivity contribution in [3.63, 3.8) is 0 Å². The van der Waals surface area contributed by atoms with Crippen LogP contribution in [0.2, 0.25) is 0 Å². The molecule has 13 heavy (non-hydrogen) atoms. The van der Waals surface area contributed by atoms with Gasteiger partial charge in [-0.25, -0.2) is 0 Å². The molecule has 0 spiro atoms. The first-order valence-corrected chi connectivity index (χ1v) is 4.33. The van der Waals surface area contributed by atoms with Crippen LogP contribution in [0, 0.1) is 0 Å². The predicted molar refractivity (Wildman–Crippen MR) is 48.3 cm³/mol. The maximum Gasteiger partial charge on any atom is 0.0646 e. The Kier molecular flexibility index (Phi) is 6.19. The lowest BCUT2D eigenvalue weighted by Crippen LogP contribution is -2.54. The largest absolute Gasteiger partial charge is 0.395 e. The molecule has 5 heteroatoms. The summed E-state index contributed by atoms with van der Waals surface area (Å²) in [6.07, 6.45) is 0. The molecular formula is C8H19NO4. The van der Waals surface area contributed by atoms with Gasteiger partial charge in [0.15, 0.2) is 0 Å². The standard InChI is InChI=1S/C8H19NO4/c1-8(6-12,7-13)9(2-4-10)3-5-11/h10-13H,2-7H2,1H3. The van der Waals surface area contributed by atoms with E-state index in [0.717, 1.165) is 0 Å². The van der Waals surface area contributed by atoms with E-state index >= 15 is 0 Å². The molecule has 0 aliphatic carbocycles. The Hall–Kier alpha value is -0.200. The third-order valence-electron chi connectivity index (χ3n) is 2.18. The summed E-state index contributed by atoms with van der Waals surface area (Å²) in [5.41, 5.74) is -0.772. The highest BCUT2D eigenvalue weighted by Crippen LogP contribution is 2.12. The van der Waals surface area contributed by atoms with E-state index in [1.165, 1.54) is 0 Å². The summed E-state index contributed by atoms with van der Waals surface area (Å²) in [7, 11) is 0. The highest BCUT2D eigenvalue weighted by atomic mass is 16.3. The number of nitrogens with zero attached hydrogens (tertiary/aromatic N) is 1. The molecule has 0 aromatic carbocycles. The van der Waals surface area contributed by atoms with E-state index in [4.69, 9.17) is 20.4 Å². The molecule has 0 unspecified atom stereocenters. The Labute approximate surface area is 78.2 Å². The molecular weight excluding hydrogens is 174 g/mol. The number of hydrogen-bond acceptors (Lipinski definition) is 5. The second-order valence-corrected chi connectivity index (χ2v) is 3.25. The van der Waals surface area contributed by atoms with E-state index < -0.39 is 5.54 Å². The maximum atomic E-state index is 9.04. The van der Waals surface area contributed by atoms with Crippen molar-refractivity contribution in [2.24, 2.45) is 0 Å². The first-order valence-electron chi connectivity index (χ1n) is 4.33. The van der Waals surface area contributed by atoms with Crippen LogP contribution in [0.15, 0.2) is 0 Å². The predicted octanol–water partition coefficient (Wildman–Crippen LogP) is -1.98. The van der Waals surface area contributed by atoms with Gasteiger partial charge in [0, 0.05) is 13.1 Å². The molecule has 0 bridgehead atoms. The molecule has 0 rings (SSSR count). The van der Waals surface area contributed by atoms with E-state index in [0.29, 0.717) is 13.1 Å². The summed E-state index contributed by atoms with van der Waals surface area (Å²) in [6.45, 7) is 1.81. The summed E-state index contributed by atoms with van der Waals surface area (Å²) in [5.74, 6) is 0. The van der Waals surface area contributed by atoms with Crippen LogP contribution < -0.4 is 0 Å². The third-order valence-corrected chi connectivity index (χ3v) is 2.18. The fourth-order valence-corrected chi connectivity index (χ4v) is 1.14. The quantitative estimate of drug-likeness (QED) is 0.376. The van der Waals surface area contributed by atoms with Crippen LogP contribution in [0.5, 0.6) is 0 Å². The van der Waals surface area contributed by atoms with Gasteiger partial charge >= 0.3 is 0 Å². The van der Waals surface area contributed by atoms with Gasteiger partial charge < -0.3 is 20.4 Å². The van der Waals surface area contributed by atoms with Gasteiger partial charge in [-0.05, 0) is 6.92 Å². The number of β-amino-alcohol motifs (C(OH)–C–C–N with tert-alkyl or cyclic N) is 2. The van der Waals surface area contributed by atoms with Crippen LogP contribution in [0.4, 0.5) is 0 Å². The lowest BCUT2D eigenvalue weighted by Gasteiger charge is -2.37. The van der Waals surface area contributed by atoms with Crippen molar-refractivity contribution in [3.05, 3.63) is 0 Å². The minimum atomic E-state index is -0.772. The fraction of sp³-hybridized carbons (Fsp3) is 1.00. The zero-order chi connectivity index (χ0) is 10.3. The summed E-state index contributed by atoms with van der Waals surface area (Å²) in [6, 6.07) is 0. The van der Waals surface area contributed by atoms with Crippen molar-refractivity contribution in [1.29, 1.82) is 0 Å². The Balaban J connectivity index is 4.28. The van der Waals surface area contributed by atoms with E-state index in [1.807, 2.05) is 0 Å². The zero-order valence-electron chi connectivity index (χ0n) is 7.98. The molecule has 0 heterocycles. The molecule has 0 saturated heterocycles. The minimum absolute atomic E-state index is 0.0599. The second-order valence-electron chi connectivity index (χ2n) is 3.25. The first kappa shape index (κ1) is 12.8. The molecule has 0 radical (unpaired) electrons. The highest BCUT2D eigenvalue weighted by Gasteiger charge is 2.29. The van der Waals surface area contributed by atoms with Crippen molar-refractivity contribution in [3.8, 4) is 0 Å². The van der Waals surface area contributed by atoms with Crippen molar-refractivity contribution >= 4 is 0 Å². The lowest BCUT2D eigenvalue weighted by atomic mass is 10.0. The molecule has 0 aromatic rings. The van der Waals surface area contributed by atoms with Gasteiger partial charge in [-0.2, -0.15) is 0 Å². The van der Waals surface area contributed by atoms with Gasteiger partial charge in [0.05, 0.1) is 32.0 Å². The normalized spacial score (nSPS) is 12.5. The number of rotatable bonds is 7. The molecule has 4 N–H and O–H groups in total. The number of aliphatic hydroxyl groups is 4. The SMILES string of the molecule is CC(CO)(CO)N(CCO)CCO. The van der Waals surface area contributed by atoms with Gasteiger partial charge in [-0.1, -0.05) is 0 Å². The van der Waals surface area contributed by atoms with Crippen molar-refractivity contribution < 1.29 is 20.4 Å². The lowest BCUT2D eigenvalue weighted by molar-refractivity contribution is -0.0160. The second kappa shape index (κ2) is 6.28. The van der Waals surface area contributed by atoms with Crippen LogP contribution in [-0.4, -0.2) is 70.4 Å². The summed E-state index contributed by atoms with van der Waals surface area (Å²) in [4.78, 5) is 1.66. The Bertz CT molecular complexity index is 121. The monoisotopic (exact) mass is 193 g/mol. The smallest absolute Gasteiger partial charge is 0.0646 e. The summed E-state index contributed by atoms with van der Waals surface area (Å²) >= 11 is 0. The van der Waals surface area contributed by atoms with Crippen molar-refractivity contribution in [2.45, 2.75) is 12.5 Å². The molecule has 0 amide bonds. The average molecular weight is 193 g/mol. The fourth-order valence-electron chi connectivity index (χ4n) is 1.14. The molecule has 0 atom stereocenters. The van der Waals surface area contributed by atoms with Crippen LogP contribution in [0.3, 0.4) is 0 Å².